The van der Waals surface area contributed by atoms with Gasteiger partial charge in [-0.15, -0.1) is 0 Å². The van der Waals surface area contributed by atoms with Crippen LogP contribution in [0.1, 0.15) is 24.0 Å². The number of amides is 1. The highest BCUT2D eigenvalue weighted by Gasteiger charge is 2.23. The fourth-order valence-electron chi connectivity index (χ4n) is 2.59. The number of nitrogens with one attached hydrogen (secondary N) is 3. The van der Waals surface area contributed by atoms with E-state index in [0.717, 1.165) is 29.0 Å². The number of benzene rings is 2. The van der Waals surface area contributed by atoms with Gasteiger partial charge in [0, 0.05) is 31.2 Å². The molecule has 148 valence electrons. The highest BCUT2D eigenvalue weighted by molar-refractivity contribution is 6.30. The average Bonchev–Trinajstić information content (AvgIpc) is 3.52. The zero-order chi connectivity index (χ0) is 19.8. The van der Waals surface area contributed by atoms with E-state index in [9.17, 15) is 4.79 Å². The minimum atomic E-state index is -0.0715. The minimum absolute atomic E-state index is 0.0394. The maximum Gasteiger partial charge on any atom is 0.258 e. The van der Waals surface area contributed by atoms with Crippen molar-refractivity contribution in [1.29, 1.82) is 0 Å². The zero-order valence-corrected chi connectivity index (χ0v) is 16.6. The van der Waals surface area contributed by atoms with E-state index in [4.69, 9.17) is 16.3 Å². The van der Waals surface area contributed by atoms with Crippen LogP contribution in [-0.4, -0.2) is 31.6 Å². The lowest BCUT2D eigenvalue weighted by Gasteiger charge is -2.13. The number of aliphatic imine (C=N–C) groups is 1. The Morgan fingerprint density at radius 3 is 2.50 bits per heavy atom. The molecule has 0 heterocycles. The molecule has 1 aliphatic carbocycles. The molecule has 0 unspecified atom stereocenters. The van der Waals surface area contributed by atoms with Gasteiger partial charge < -0.3 is 20.7 Å². The van der Waals surface area contributed by atoms with Crippen LogP contribution in [0.25, 0.3) is 0 Å². The Bertz CT molecular complexity index is 819. The summed E-state index contributed by atoms with van der Waals surface area (Å²) in [5.74, 6) is 1.30. The summed E-state index contributed by atoms with van der Waals surface area (Å²) >= 11 is 5.91. The third-order valence-electron chi connectivity index (χ3n) is 4.27. The molecule has 0 aliphatic heterocycles. The molecule has 3 N–H and O–H groups in total. The van der Waals surface area contributed by atoms with Crippen molar-refractivity contribution < 1.29 is 9.53 Å². The van der Waals surface area contributed by atoms with Gasteiger partial charge in [0.25, 0.3) is 5.91 Å². The standard InChI is InChI=1S/C21H25ClN4O2/c1-23-21(24-12-15-5-7-17(22)8-6-15)25-13-16-3-2-4-19(11-16)28-14-20(27)26-18-9-10-18/h2-8,11,18H,9-10,12-14H2,1H3,(H,26,27)(H2,23,24,25). The summed E-state index contributed by atoms with van der Waals surface area (Å²) in [4.78, 5) is 16.0. The Morgan fingerprint density at radius 1 is 1.11 bits per heavy atom. The predicted molar refractivity (Wildman–Crippen MR) is 112 cm³/mol. The van der Waals surface area contributed by atoms with E-state index in [1.165, 1.54) is 0 Å². The van der Waals surface area contributed by atoms with Crippen LogP contribution in [0.2, 0.25) is 5.02 Å². The molecule has 7 heteroatoms. The minimum Gasteiger partial charge on any atom is -0.484 e. The quantitative estimate of drug-likeness (QED) is 0.470. The smallest absolute Gasteiger partial charge is 0.258 e. The Kier molecular flexibility index (Phi) is 7.14. The predicted octanol–water partition coefficient (Wildman–Crippen LogP) is 2.86. The number of hydrogen-bond acceptors (Lipinski definition) is 3. The number of ether oxygens (including phenoxy) is 1. The van der Waals surface area contributed by atoms with Gasteiger partial charge in [0.05, 0.1) is 0 Å². The summed E-state index contributed by atoms with van der Waals surface area (Å²) in [5.41, 5.74) is 2.15. The fraction of sp³-hybridized carbons (Fsp3) is 0.333. The van der Waals surface area contributed by atoms with Crippen LogP contribution < -0.4 is 20.7 Å². The second-order valence-corrected chi connectivity index (χ2v) is 7.12. The largest absolute Gasteiger partial charge is 0.484 e. The van der Waals surface area contributed by atoms with E-state index in [1.807, 2.05) is 48.5 Å². The van der Waals surface area contributed by atoms with Gasteiger partial charge in [-0.25, -0.2) is 0 Å². The lowest BCUT2D eigenvalue weighted by atomic mass is 10.2. The lowest BCUT2D eigenvalue weighted by molar-refractivity contribution is -0.123. The average molecular weight is 401 g/mol. The zero-order valence-electron chi connectivity index (χ0n) is 15.9. The summed E-state index contributed by atoms with van der Waals surface area (Å²) in [6.07, 6.45) is 2.14. The Balaban J connectivity index is 1.44. The van der Waals surface area contributed by atoms with E-state index in [1.54, 1.807) is 7.05 Å². The van der Waals surface area contributed by atoms with Crippen molar-refractivity contribution in [2.24, 2.45) is 4.99 Å². The summed E-state index contributed by atoms with van der Waals surface area (Å²) in [7, 11) is 1.73. The highest BCUT2D eigenvalue weighted by Crippen LogP contribution is 2.18. The van der Waals surface area contributed by atoms with E-state index in [2.05, 4.69) is 20.9 Å². The molecular formula is C21H25ClN4O2. The molecule has 1 aliphatic rings. The van der Waals surface area contributed by atoms with Crippen LogP contribution >= 0.6 is 11.6 Å². The molecule has 2 aromatic rings. The van der Waals surface area contributed by atoms with Crippen LogP contribution in [0, 0.1) is 0 Å². The second-order valence-electron chi connectivity index (χ2n) is 6.68. The molecule has 0 spiro atoms. The Hall–Kier alpha value is -2.73. The van der Waals surface area contributed by atoms with E-state index >= 15 is 0 Å². The third kappa shape index (κ3) is 6.78. The van der Waals surface area contributed by atoms with Gasteiger partial charge in [0.1, 0.15) is 5.75 Å². The first-order valence-corrected chi connectivity index (χ1v) is 9.70. The molecule has 2 aromatic carbocycles. The topological polar surface area (TPSA) is 74.8 Å². The number of guanidine groups is 1. The van der Waals surface area contributed by atoms with Gasteiger partial charge in [-0.05, 0) is 48.2 Å². The SMILES string of the molecule is CN=C(NCc1ccc(Cl)cc1)NCc1cccc(OCC(=O)NC2CC2)c1. The maximum atomic E-state index is 11.7. The van der Waals surface area contributed by atoms with Gasteiger partial charge >= 0.3 is 0 Å². The number of nitrogens with zero attached hydrogens (tertiary/aromatic N) is 1. The summed E-state index contributed by atoms with van der Waals surface area (Å²) in [5, 5.41) is 10.2. The first-order chi connectivity index (χ1) is 13.6. The number of carbonyl (C=O) groups is 1. The molecule has 0 saturated heterocycles. The molecule has 1 amide bonds. The third-order valence-corrected chi connectivity index (χ3v) is 4.52. The Labute approximate surface area is 170 Å². The molecule has 0 atom stereocenters. The molecule has 0 bridgehead atoms. The van der Waals surface area contributed by atoms with Crippen molar-refractivity contribution >= 4 is 23.5 Å². The fourth-order valence-corrected chi connectivity index (χ4v) is 2.71. The normalized spacial score (nSPS) is 13.7. The van der Waals surface area contributed by atoms with E-state index in [-0.39, 0.29) is 12.5 Å². The number of carbonyl (C=O) groups excluding carboxylic acids is 1. The van der Waals surface area contributed by atoms with Crippen molar-refractivity contribution in [3.8, 4) is 5.75 Å². The van der Waals surface area contributed by atoms with Gasteiger partial charge in [-0.2, -0.15) is 0 Å². The molecule has 6 nitrogen and oxygen atoms in total. The first-order valence-electron chi connectivity index (χ1n) is 9.32. The Morgan fingerprint density at radius 2 is 1.82 bits per heavy atom. The maximum absolute atomic E-state index is 11.7. The van der Waals surface area contributed by atoms with Crippen LogP contribution in [0.4, 0.5) is 0 Å². The molecule has 3 rings (SSSR count). The van der Waals surface area contributed by atoms with Crippen molar-refractivity contribution in [2.45, 2.75) is 32.0 Å². The van der Waals surface area contributed by atoms with Gasteiger partial charge in [0.2, 0.25) is 0 Å². The number of halogens is 1. The van der Waals surface area contributed by atoms with Gasteiger partial charge in [0.15, 0.2) is 12.6 Å². The van der Waals surface area contributed by atoms with Crippen LogP contribution in [0.15, 0.2) is 53.5 Å². The highest BCUT2D eigenvalue weighted by atomic mass is 35.5. The molecule has 0 aromatic heterocycles. The monoisotopic (exact) mass is 400 g/mol. The van der Waals surface area contributed by atoms with Crippen molar-refractivity contribution in [3.63, 3.8) is 0 Å². The molecule has 0 radical (unpaired) electrons. The van der Waals surface area contributed by atoms with Crippen LogP contribution in [0.3, 0.4) is 0 Å². The van der Waals surface area contributed by atoms with Crippen LogP contribution in [0.5, 0.6) is 5.75 Å². The van der Waals surface area contributed by atoms with Crippen molar-refractivity contribution in [1.82, 2.24) is 16.0 Å². The summed E-state index contributed by atoms with van der Waals surface area (Å²) in [6.45, 7) is 1.28. The number of rotatable bonds is 8. The van der Waals surface area contributed by atoms with Crippen molar-refractivity contribution in [3.05, 3.63) is 64.7 Å². The second kappa shape index (κ2) is 9.99. The molecular weight excluding hydrogens is 376 g/mol. The molecule has 28 heavy (non-hydrogen) atoms. The first kappa shape index (κ1) is 20.0. The lowest BCUT2D eigenvalue weighted by Crippen LogP contribution is -2.36. The molecule has 1 fully saturated rings. The van der Waals surface area contributed by atoms with E-state index < -0.39 is 0 Å². The van der Waals surface area contributed by atoms with E-state index in [0.29, 0.717) is 30.8 Å². The molecule has 1 saturated carbocycles. The summed E-state index contributed by atoms with van der Waals surface area (Å²) < 4.78 is 5.59. The summed E-state index contributed by atoms with van der Waals surface area (Å²) in [6, 6.07) is 15.7. The van der Waals surface area contributed by atoms with Crippen molar-refractivity contribution in [2.75, 3.05) is 13.7 Å². The van der Waals surface area contributed by atoms with Crippen LogP contribution in [-0.2, 0) is 17.9 Å². The number of hydrogen-bond donors (Lipinski definition) is 3. The van der Waals surface area contributed by atoms with Gasteiger partial charge in [-0.1, -0.05) is 35.9 Å². The van der Waals surface area contributed by atoms with Gasteiger partial charge in [-0.3, -0.25) is 9.79 Å².